The molecule has 0 radical (unpaired) electrons. The third-order valence-corrected chi connectivity index (χ3v) is 5.30. The van der Waals surface area contributed by atoms with Crippen LogP contribution in [-0.2, 0) is 24.3 Å². The number of ether oxygens (including phenoxy) is 1. The minimum absolute atomic E-state index is 0.181. The first kappa shape index (κ1) is 16.8. The van der Waals surface area contributed by atoms with Crippen molar-refractivity contribution in [3.8, 4) is 0 Å². The molecule has 2 heterocycles. The van der Waals surface area contributed by atoms with Crippen LogP contribution in [0.25, 0.3) is 0 Å². The molecule has 1 aromatic heterocycles. The highest BCUT2D eigenvalue weighted by Crippen LogP contribution is 2.34. The van der Waals surface area contributed by atoms with Crippen LogP contribution in [0.2, 0.25) is 0 Å². The second-order valence-corrected chi connectivity index (χ2v) is 7.19. The molecule has 0 fully saturated rings. The van der Waals surface area contributed by atoms with Gasteiger partial charge in [0, 0.05) is 35.9 Å². The van der Waals surface area contributed by atoms with Crippen LogP contribution < -0.4 is 10.6 Å². The average molecular weight is 370 g/mol. The zero-order valence-corrected chi connectivity index (χ0v) is 15.6. The highest BCUT2D eigenvalue weighted by Gasteiger charge is 2.23. The van der Waals surface area contributed by atoms with Gasteiger partial charge in [-0.25, -0.2) is 4.99 Å². The Balaban J connectivity index is 1.28. The number of hydrogen-bond acceptors (Lipinski definition) is 4. The summed E-state index contributed by atoms with van der Waals surface area (Å²) in [6, 6.07) is 19.7. The van der Waals surface area contributed by atoms with Crippen molar-refractivity contribution in [1.29, 1.82) is 0 Å². The lowest BCUT2D eigenvalue weighted by atomic mass is 10.1. The lowest BCUT2D eigenvalue weighted by molar-refractivity contribution is 0.282. The Labute approximate surface area is 164 Å². The van der Waals surface area contributed by atoms with Crippen LogP contribution in [0.5, 0.6) is 0 Å². The highest BCUT2D eigenvalue weighted by molar-refractivity contribution is 5.92. The fourth-order valence-electron chi connectivity index (χ4n) is 3.83. The Bertz CT molecular complexity index is 1020. The van der Waals surface area contributed by atoms with Crippen molar-refractivity contribution in [3.63, 3.8) is 0 Å². The minimum atomic E-state index is 0.181. The Kier molecular flexibility index (Phi) is 4.41. The van der Waals surface area contributed by atoms with E-state index in [-0.39, 0.29) is 6.04 Å². The number of pyridine rings is 1. The van der Waals surface area contributed by atoms with E-state index in [0.717, 1.165) is 41.9 Å². The number of rotatable bonds is 4. The number of anilines is 2. The second-order valence-electron chi connectivity index (χ2n) is 7.19. The molecule has 0 saturated heterocycles. The molecule has 1 aliphatic carbocycles. The van der Waals surface area contributed by atoms with Crippen LogP contribution in [0.4, 0.5) is 11.4 Å². The first-order valence-electron chi connectivity index (χ1n) is 9.66. The molecule has 0 spiro atoms. The summed E-state index contributed by atoms with van der Waals surface area (Å²) in [5.74, 6) is 0. The van der Waals surface area contributed by atoms with Gasteiger partial charge in [0.2, 0.25) is 0 Å². The maximum absolute atomic E-state index is 5.90. The van der Waals surface area contributed by atoms with Crippen molar-refractivity contribution in [2.45, 2.75) is 32.0 Å². The van der Waals surface area contributed by atoms with Gasteiger partial charge < -0.3 is 15.4 Å². The Morgan fingerprint density at radius 3 is 3.00 bits per heavy atom. The van der Waals surface area contributed by atoms with E-state index in [4.69, 9.17) is 9.73 Å². The molecule has 2 N–H and O–H groups in total. The number of aromatic nitrogens is 1. The van der Waals surface area contributed by atoms with E-state index in [2.05, 4.69) is 64.1 Å². The molecule has 5 rings (SSSR count). The Morgan fingerprint density at radius 1 is 1.11 bits per heavy atom. The van der Waals surface area contributed by atoms with Gasteiger partial charge in [-0.2, -0.15) is 0 Å². The summed E-state index contributed by atoms with van der Waals surface area (Å²) >= 11 is 0. The molecule has 28 heavy (non-hydrogen) atoms. The molecule has 1 unspecified atom stereocenters. The summed E-state index contributed by atoms with van der Waals surface area (Å²) in [6.45, 7) is 1.27. The maximum atomic E-state index is 5.90. The second kappa shape index (κ2) is 7.35. The monoisotopic (exact) mass is 370 g/mol. The first-order chi connectivity index (χ1) is 13.8. The highest BCUT2D eigenvalue weighted by atomic mass is 16.5. The number of nitrogens with one attached hydrogen (secondary N) is 2. The summed E-state index contributed by atoms with van der Waals surface area (Å²) in [4.78, 5) is 8.98. The van der Waals surface area contributed by atoms with Crippen molar-refractivity contribution >= 4 is 17.4 Å². The molecule has 1 aliphatic heterocycles. The van der Waals surface area contributed by atoms with Gasteiger partial charge in [0.15, 0.2) is 0 Å². The van der Waals surface area contributed by atoms with Crippen molar-refractivity contribution in [2.75, 3.05) is 10.6 Å². The molecule has 140 valence electrons. The van der Waals surface area contributed by atoms with Crippen molar-refractivity contribution in [1.82, 2.24) is 4.98 Å². The molecule has 3 aromatic rings. The number of fused-ring (bicyclic) bond motifs is 2. The predicted octanol–water partition coefficient (Wildman–Crippen LogP) is 4.68. The third-order valence-electron chi connectivity index (χ3n) is 5.30. The van der Waals surface area contributed by atoms with Crippen LogP contribution in [0.1, 0.15) is 34.7 Å². The van der Waals surface area contributed by atoms with Gasteiger partial charge in [-0.3, -0.25) is 4.98 Å². The standard InChI is InChI=1S/C23H22N4O/c1-2-6-20-17(5-1)7-9-22(20)27-23-26-21-10-8-19(12-18(21)15-28-23)25-14-16-4-3-11-24-13-16/h1-6,8,10-13,22,25H,7,9,14-15H2,(H,26,27). The summed E-state index contributed by atoms with van der Waals surface area (Å²) in [5.41, 5.74) is 7.13. The number of aliphatic imine (C=N–C) groups is 1. The molecular weight excluding hydrogens is 348 g/mol. The number of nitrogens with zero attached hydrogens (tertiary/aromatic N) is 2. The fraction of sp³-hybridized carbons (Fsp3) is 0.217. The smallest absolute Gasteiger partial charge is 0.290 e. The molecule has 0 saturated carbocycles. The van der Waals surface area contributed by atoms with Crippen molar-refractivity contribution in [3.05, 3.63) is 89.2 Å². The van der Waals surface area contributed by atoms with Crippen LogP contribution in [0, 0.1) is 0 Å². The number of benzene rings is 2. The number of aryl methyl sites for hydroxylation is 1. The van der Waals surface area contributed by atoms with E-state index >= 15 is 0 Å². The normalized spacial score (nSPS) is 18.7. The molecule has 1 atom stereocenters. The van der Waals surface area contributed by atoms with Gasteiger partial charge in [0.25, 0.3) is 6.02 Å². The van der Waals surface area contributed by atoms with Crippen molar-refractivity contribution in [2.24, 2.45) is 4.99 Å². The minimum Gasteiger partial charge on any atom is -0.460 e. The first-order valence-corrected chi connectivity index (χ1v) is 9.66. The average Bonchev–Trinajstić information content (AvgIpc) is 3.16. The van der Waals surface area contributed by atoms with Gasteiger partial charge in [0.05, 0.1) is 6.04 Å². The lowest BCUT2D eigenvalue weighted by Gasteiger charge is -2.22. The molecule has 0 amide bonds. The fourth-order valence-corrected chi connectivity index (χ4v) is 3.83. The van der Waals surface area contributed by atoms with Crippen molar-refractivity contribution < 1.29 is 4.74 Å². The summed E-state index contributed by atoms with van der Waals surface area (Å²) in [5, 5.41) is 6.78. The topological polar surface area (TPSA) is 58.5 Å². The summed E-state index contributed by atoms with van der Waals surface area (Å²) in [7, 11) is 0. The quantitative estimate of drug-likeness (QED) is 0.700. The predicted molar refractivity (Wildman–Crippen MR) is 111 cm³/mol. The maximum Gasteiger partial charge on any atom is 0.290 e. The lowest BCUT2D eigenvalue weighted by Crippen LogP contribution is -2.23. The van der Waals surface area contributed by atoms with E-state index in [1.54, 1.807) is 6.20 Å². The van der Waals surface area contributed by atoms with E-state index in [0.29, 0.717) is 12.6 Å². The Morgan fingerprint density at radius 2 is 2.07 bits per heavy atom. The van der Waals surface area contributed by atoms with Gasteiger partial charge >= 0.3 is 0 Å². The molecule has 5 heteroatoms. The van der Waals surface area contributed by atoms with Crippen LogP contribution >= 0.6 is 0 Å². The number of hydrogen-bond donors (Lipinski definition) is 2. The van der Waals surface area contributed by atoms with E-state index in [1.807, 2.05) is 12.3 Å². The zero-order chi connectivity index (χ0) is 18.8. The molecule has 0 bridgehead atoms. The molecule has 5 nitrogen and oxygen atoms in total. The van der Waals surface area contributed by atoms with Gasteiger partial charge in [-0.1, -0.05) is 30.3 Å². The molecular formula is C23H22N4O. The van der Waals surface area contributed by atoms with Gasteiger partial charge in [0.1, 0.15) is 6.61 Å². The van der Waals surface area contributed by atoms with Crippen LogP contribution in [-0.4, -0.2) is 11.0 Å². The molecule has 2 aromatic carbocycles. The van der Waals surface area contributed by atoms with Crippen LogP contribution in [0.3, 0.4) is 0 Å². The SMILES string of the molecule is c1cncc(CNc2ccc3c(c2)COC(=NC2CCc4ccccc42)N3)c1. The van der Waals surface area contributed by atoms with E-state index < -0.39 is 0 Å². The summed E-state index contributed by atoms with van der Waals surface area (Å²) in [6.07, 6.45) is 5.78. The zero-order valence-electron chi connectivity index (χ0n) is 15.6. The van der Waals surface area contributed by atoms with Crippen LogP contribution in [0.15, 0.2) is 72.0 Å². The summed E-state index contributed by atoms with van der Waals surface area (Å²) < 4.78 is 5.90. The number of amidine groups is 1. The van der Waals surface area contributed by atoms with Gasteiger partial charge in [-0.15, -0.1) is 0 Å². The van der Waals surface area contributed by atoms with E-state index in [9.17, 15) is 0 Å². The third kappa shape index (κ3) is 3.43. The molecule has 2 aliphatic rings. The Hall–Kier alpha value is -3.34. The van der Waals surface area contributed by atoms with Gasteiger partial charge in [-0.05, 0) is 53.8 Å². The largest absolute Gasteiger partial charge is 0.460 e. The van der Waals surface area contributed by atoms with E-state index in [1.165, 1.54) is 11.1 Å².